The first-order valence-electron chi connectivity index (χ1n) is 5.71. The van der Waals surface area contributed by atoms with Crippen LogP contribution in [0.25, 0.3) is 0 Å². The van der Waals surface area contributed by atoms with Crippen LogP contribution in [0.5, 0.6) is 0 Å². The van der Waals surface area contributed by atoms with Crippen LogP contribution in [0.2, 0.25) is 0 Å². The Labute approximate surface area is 104 Å². The summed E-state index contributed by atoms with van der Waals surface area (Å²) in [6.45, 7) is 1.87. The zero-order chi connectivity index (χ0) is 13.1. The van der Waals surface area contributed by atoms with Crippen LogP contribution >= 0.6 is 0 Å². The average Bonchev–Trinajstić information content (AvgIpc) is 2.38. The molecule has 1 aromatic carbocycles. The van der Waals surface area contributed by atoms with Crippen LogP contribution in [0.3, 0.4) is 0 Å². The second kappa shape index (κ2) is 5.23. The molecule has 0 bridgehead atoms. The maximum absolute atomic E-state index is 13.6. The number of pyridine rings is 1. The van der Waals surface area contributed by atoms with Crippen molar-refractivity contribution in [2.75, 3.05) is 0 Å². The van der Waals surface area contributed by atoms with Gasteiger partial charge in [-0.2, -0.15) is 0 Å². The summed E-state index contributed by atoms with van der Waals surface area (Å²) in [5, 5.41) is 0. The van der Waals surface area contributed by atoms with Gasteiger partial charge in [-0.3, -0.25) is 4.98 Å². The molecule has 2 rings (SSSR count). The third-order valence-corrected chi connectivity index (χ3v) is 3.01. The molecule has 2 aromatic rings. The van der Waals surface area contributed by atoms with E-state index >= 15 is 0 Å². The van der Waals surface area contributed by atoms with E-state index in [-0.39, 0.29) is 5.92 Å². The molecule has 2 N–H and O–H groups in total. The molecule has 0 saturated carbocycles. The lowest BCUT2D eigenvalue weighted by Crippen LogP contribution is -2.19. The zero-order valence-corrected chi connectivity index (χ0v) is 9.98. The van der Waals surface area contributed by atoms with Gasteiger partial charge in [-0.25, -0.2) is 8.78 Å². The van der Waals surface area contributed by atoms with E-state index in [4.69, 9.17) is 5.73 Å². The molecule has 0 saturated heterocycles. The first kappa shape index (κ1) is 12.6. The highest BCUT2D eigenvalue weighted by atomic mass is 19.1. The quantitative estimate of drug-likeness (QED) is 0.906. The summed E-state index contributed by atoms with van der Waals surface area (Å²) < 4.78 is 26.5. The number of hydrogen-bond acceptors (Lipinski definition) is 2. The number of aromatic nitrogens is 1. The van der Waals surface area contributed by atoms with Gasteiger partial charge in [-0.05, 0) is 18.2 Å². The Hall–Kier alpha value is -1.81. The molecular formula is C14H14F2N2. The summed E-state index contributed by atoms with van der Waals surface area (Å²) in [4.78, 5) is 4.20. The van der Waals surface area contributed by atoms with E-state index in [1.807, 2.05) is 19.1 Å². The Morgan fingerprint density at radius 1 is 1.17 bits per heavy atom. The largest absolute Gasteiger partial charge is 0.323 e. The number of hydrogen-bond donors (Lipinski definition) is 1. The van der Waals surface area contributed by atoms with E-state index in [0.717, 1.165) is 11.8 Å². The van der Waals surface area contributed by atoms with Crippen molar-refractivity contribution in [3.05, 3.63) is 65.5 Å². The normalized spacial score (nSPS) is 14.2. The van der Waals surface area contributed by atoms with Crippen molar-refractivity contribution in [1.29, 1.82) is 0 Å². The Balaban J connectivity index is 2.28. The molecule has 0 radical (unpaired) electrons. The van der Waals surface area contributed by atoms with Gasteiger partial charge in [0.25, 0.3) is 0 Å². The summed E-state index contributed by atoms with van der Waals surface area (Å²) in [6, 6.07) is 8.39. The van der Waals surface area contributed by atoms with Gasteiger partial charge >= 0.3 is 0 Å². The molecule has 2 nitrogen and oxygen atoms in total. The van der Waals surface area contributed by atoms with E-state index in [2.05, 4.69) is 4.98 Å². The molecule has 0 fully saturated rings. The molecule has 0 aliphatic carbocycles. The molecule has 0 spiro atoms. The van der Waals surface area contributed by atoms with Crippen molar-refractivity contribution in [2.24, 2.45) is 5.73 Å². The molecule has 2 atom stereocenters. The molecule has 1 heterocycles. The zero-order valence-electron chi connectivity index (χ0n) is 9.98. The molecule has 18 heavy (non-hydrogen) atoms. The van der Waals surface area contributed by atoms with Crippen molar-refractivity contribution in [3.63, 3.8) is 0 Å². The van der Waals surface area contributed by atoms with E-state index in [1.54, 1.807) is 12.3 Å². The highest BCUT2D eigenvalue weighted by molar-refractivity contribution is 5.25. The van der Waals surface area contributed by atoms with Crippen molar-refractivity contribution in [2.45, 2.75) is 18.9 Å². The highest BCUT2D eigenvalue weighted by Gasteiger charge is 2.20. The van der Waals surface area contributed by atoms with Gasteiger partial charge < -0.3 is 5.73 Å². The Morgan fingerprint density at radius 3 is 2.56 bits per heavy atom. The summed E-state index contributed by atoms with van der Waals surface area (Å²) in [7, 11) is 0. The van der Waals surface area contributed by atoms with E-state index in [0.29, 0.717) is 5.56 Å². The van der Waals surface area contributed by atoms with Gasteiger partial charge in [0, 0.05) is 35.5 Å². The van der Waals surface area contributed by atoms with Gasteiger partial charge in [-0.1, -0.05) is 19.1 Å². The van der Waals surface area contributed by atoms with Crippen LogP contribution in [0.15, 0.2) is 42.6 Å². The minimum absolute atomic E-state index is 0.147. The average molecular weight is 248 g/mol. The second-order valence-corrected chi connectivity index (χ2v) is 4.23. The van der Waals surface area contributed by atoms with Crippen LogP contribution < -0.4 is 5.73 Å². The molecule has 1 aromatic heterocycles. The molecule has 94 valence electrons. The fourth-order valence-electron chi connectivity index (χ4n) is 1.87. The van der Waals surface area contributed by atoms with Crippen LogP contribution in [0.1, 0.15) is 30.1 Å². The first-order valence-corrected chi connectivity index (χ1v) is 5.71. The Bertz CT molecular complexity index is 529. The molecule has 2 unspecified atom stereocenters. The second-order valence-electron chi connectivity index (χ2n) is 4.23. The number of rotatable bonds is 3. The van der Waals surface area contributed by atoms with E-state index < -0.39 is 17.7 Å². The summed E-state index contributed by atoms with van der Waals surface area (Å²) in [5.41, 5.74) is 7.11. The number of nitrogens with two attached hydrogens (primary N) is 1. The number of halogens is 2. The summed E-state index contributed by atoms with van der Waals surface area (Å²) >= 11 is 0. The van der Waals surface area contributed by atoms with Crippen LogP contribution in [0.4, 0.5) is 8.78 Å². The maximum atomic E-state index is 13.6. The standard InChI is InChI=1S/C14H14F2N2/c1-9(13-4-2-3-7-18-13)14(17)11-6-5-10(15)8-12(11)16/h2-9,14H,17H2,1H3. The smallest absolute Gasteiger partial charge is 0.130 e. The van der Waals surface area contributed by atoms with Crippen LogP contribution in [0, 0.1) is 11.6 Å². The SMILES string of the molecule is CC(c1ccccn1)C(N)c1ccc(F)cc1F. The highest BCUT2D eigenvalue weighted by Crippen LogP contribution is 2.28. The van der Waals surface area contributed by atoms with Crippen LogP contribution in [-0.4, -0.2) is 4.98 Å². The minimum Gasteiger partial charge on any atom is -0.323 e. The van der Waals surface area contributed by atoms with Crippen LogP contribution in [-0.2, 0) is 0 Å². The maximum Gasteiger partial charge on any atom is 0.130 e. The third-order valence-electron chi connectivity index (χ3n) is 3.01. The molecule has 0 aliphatic rings. The Morgan fingerprint density at radius 2 is 1.94 bits per heavy atom. The van der Waals surface area contributed by atoms with Crippen molar-refractivity contribution in [1.82, 2.24) is 4.98 Å². The van der Waals surface area contributed by atoms with E-state index in [9.17, 15) is 8.78 Å². The van der Waals surface area contributed by atoms with Gasteiger partial charge in [0.1, 0.15) is 11.6 Å². The molecule has 0 amide bonds. The van der Waals surface area contributed by atoms with Gasteiger partial charge in [0.2, 0.25) is 0 Å². The fourth-order valence-corrected chi connectivity index (χ4v) is 1.87. The first-order chi connectivity index (χ1) is 8.59. The third kappa shape index (κ3) is 2.54. The molecular weight excluding hydrogens is 234 g/mol. The Kier molecular flexibility index (Phi) is 3.67. The van der Waals surface area contributed by atoms with Gasteiger partial charge in [-0.15, -0.1) is 0 Å². The monoisotopic (exact) mass is 248 g/mol. The summed E-state index contributed by atoms with van der Waals surface area (Å²) in [5.74, 6) is -1.37. The number of nitrogens with zero attached hydrogens (tertiary/aromatic N) is 1. The van der Waals surface area contributed by atoms with Crippen molar-refractivity contribution >= 4 is 0 Å². The predicted octanol–water partition coefficient (Wildman–Crippen LogP) is 3.16. The number of benzene rings is 1. The lowest BCUT2D eigenvalue weighted by atomic mass is 9.92. The predicted molar refractivity (Wildman–Crippen MR) is 65.9 cm³/mol. The van der Waals surface area contributed by atoms with Crippen molar-refractivity contribution in [3.8, 4) is 0 Å². The minimum atomic E-state index is -0.620. The topological polar surface area (TPSA) is 38.9 Å². The lowest BCUT2D eigenvalue weighted by Gasteiger charge is -2.20. The van der Waals surface area contributed by atoms with Gasteiger partial charge in [0.05, 0.1) is 0 Å². The lowest BCUT2D eigenvalue weighted by molar-refractivity contribution is 0.521. The van der Waals surface area contributed by atoms with Crippen molar-refractivity contribution < 1.29 is 8.78 Å². The molecule has 4 heteroatoms. The summed E-state index contributed by atoms with van der Waals surface area (Å²) in [6.07, 6.45) is 1.67. The molecule has 0 aliphatic heterocycles. The van der Waals surface area contributed by atoms with Gasteiger partial charge in [0.15, 0.2) is 0 Å². The van der Waals surface area contributed by atoms with E-state index in [1.165, 1.54) is 12.1 Å². The fraction of sp³-hybridized carbons (Fsp3) is 0.214.